The van der Waals surface area contributed by atoms with Gasteiger partial charge in [0.25, 0.3) is 0 Å². The molecule has 2 nitrogen and oxygen atoms in total. The second kappa shape index (κ2) is 5.80. The highest BCUT2D eigenvalue weighted by atomic mass is 32.1. The molecule has 0 saturated heterocycles. The lowest BCUT2D eigenvalue weighted by Gasteiger charge is -2.17. The standard InChI is InChI=1S/C17H20N2S/c18-17(19)16-11-14-13(7-4-8-15(14)20-16)10-9-12-5-2-1-3-6-12/h4,7-12H,1-3,5-6H2,(H3,18,19)/b10-9+. The van der Waals surface area contributed by atoms with Gasteiger partial charge in [0.05, 0.1) is 4.88 Å². The summed E-state index contributed by atoms with van der Waals surface area (Å²) in [5.41, 5.74) is 6.84. The molecule has 3 heteroatoms. The van der Waals surface area contributed by atoms with Crippen LogP contribution in [0.2, 0.25) is 0 Å². The van der Waals surface area contributed by atoms with Crippen LogP contribution in [0, 0.1) is 11.3 Å². The number of thiophene rings is 1. The van der Waals surface area contributed by atoms with Crippen LogP contribution in [-0.4, -0.2) is 5.84 Å². The predicted octanol–water partition coefficient (Wildman–Crippen LogP) is 4.78. The molecule has 20 heavy (non-hydrogen) atoms. The predicted molar refractivity (Wildman–Crippen MR) is 88.5 cm³/mol. The van der Waals surface area contributed by atoms with E-state index in [0.29, 0.717) is 0 Å². The third-order valence-corrected chi connectivity index (χ3v) is 5.19. The number of hydrogen-bond donors (Lipinski definition) is 2. The van der Waals surface area contributed by atoms with Crippen molar-refractivity contribution in [2.24, 2.45) is 11.7 Å². The summed E-state index contributed by atoms with van der Waals surface area (Å²) in [6.07, 6.45) is 11.4. The van der Waals surface area contributed by atoms with Crippen LogP contribution in [0.3, 0.4) is 0 Å². The number of nitrogens with two attached hydrogens (primary N) is 1. The maximum atomic E-state index is 7.57. The molecule has 1 aliphatic rings. The zero-order valence-corrected chi connectivity index (χ0v) is 12.4. The first kappa shape index (κ1) is 13.4. The van der Waals surface area contributed by atoms with E-state index in [1.165, 1.54) is 47.8 Å². The quantitative estimate of drug-likeness (QED) is 0.618. The van der Waals surface area contributed by atoms with Crippen molar-refractivity contribution in [3.05, 3.63) is 40.8 Å². The third kappa shape index (κ3) is 2.78. The molecular formula is C17H20N2S. The van der Waals surface area contributed by atoms with E-state index in [1.54, 1.807) is 11.3 Å². The minimum atomic E-state index is 0.161. The lowest BCUT2D eigenvalue weighted by atomic mass is 9.88. The van der Waals surface area contributed by atoms with Crippen LogP contribution >= 0.6 is 11.3 Å². The average Bonchev–Trinajstić information content (AvgIpc) is 2.91. The van der Waals surface area contributed by atoms with Crippen LogP contribution in [0.4, 0.5) is 0 Å². The highest BCUT2D eigenvalue weighted by Crippen LogP contribution is 2.30. The Morgan fingerprint density at radius 1 is 1.25 bits per heavy atom. The lowest BCUT2D eigenvalue weighted by molar-refractivity contribution is 0.420. The van der Waals surface area contributed by atoms with Gasteiger partial charge < -0.3 is 5.73 Å². The molecule has 0 atom stereocenters. The normalized spacial score (nSPS) is 17.0. The summed E-state index contributed by atoms with van der Waals surface area (Å²) in [7, 11) is 0. The molecule has 1 saturated carbocycles. The van der Waals surface area contributed by atoms with Crippen LogP contribution in [0.5, 0.6) is 0 Å². The van der Waals surface area contributed by atoms with Gasteiger partial charge in [-0.25, -0.2) is 0 Å². The molecule has 1 aromatic heterocycles. The maximum absolute atomic E-state index is 7.57. The van der Waals surface area contributed by atoms with Crippen molar-refractivity contribution in [2.75, 3.05) is 0 Å². The summed E-state index contributed by atoms with van der Waals surface area (Å²) < 4.78 is 1.21. The largest absolute Gasteiger partial charge is 0.383 e. The Morgan fingerprint density at radius 2 is 2.05 bits per heavy atom. The summed E-state index contributed by atoms with van der Waals surface area (Å²) in [4.78, 5) is 0.860. The van der Waals surface area contributed by atoms with Crippen molar-refractivity contribution in [2.45, 2.75) is 32.1 Å². The van der Waals surface area contributed by atoms with Crippen LogP contribution in [0.25, 0.3) is 16.2 Å². The first-order chi connectivity index (χ1) is 9.74. The maximum Gasteiger partial charge on any atom is 0.133 e. The molecule has 1 aromatic carbocycles. The zero-order valence-electron chi connectivity index (χ0n) is 11.6. The van der Waals surface area contributed by atoms with Gasteiger partial charge in [0.2, 0.25) is 0 Å². The molecular weight excluding hydrogens is 264 g/mol. The van der Waals surface area contributed by atoms with Crippen molar-refractivity contribution in [3.63, 3.8) is 0 Å². The van der Waals surface area contributed by atoms with Crippen LogP contribution < -0.4 is 5.73 Å². The number of nitrogen functional groups attached to an aromatic ring is 1. The minimum absolute atomic E-state index is 0.161. The van der Waals surface area contributed by atoms with E-state index in [9.17, 15) is 0 Å². The Morgan fingerprint density at radius 3 is 2.80 bits per heavy atom. The van der Waals surface area contributed by atoms with E-state index in [1.807, 2.05) is 6.07 Å². The van der Waals surface area contributed by atoms with Crippen molar-refractivity contribution < 1.29 is 0 Å². The average molecular weight is 284 g/mol. The highest BCUT2D eigenvalue weighted by Gasteiger charge is 2.10. The monoisotopic (exact) mass is 284 g/mol. The van der Waals surface area contributed by atoms with Gasteiger partial charge in [-0.3, -0.25) is 5.41 Å². The molecule has 0 aliphatic heterocycles. The number of amidine groups is 1. The van der Waals surface area contributed by atoms with Crippen molar-refractivity contribution in [1.82, 2.24) is 0 Å². The molecule has 3 N–H and O–H groups in total. The van der Waals surface area contributed by atoms with E-state index < -0.39 is 0 Å². The first-order valence-corrected chi connectivity index (χ1v) is 8.11. The van der Waals surface area contributed by atoms with Gasteiger partial charge in [-0.05, 0) is 36.5 Å². The highest BCUT2D eigenvalue weighted by molar-refractivity contribution is 7.20. The van der Waals surface area contributed by atoms with E-state index in [0.717, 1.165) is 10.8 Å². The van der Waals surface area contributed by atoms with Gasteiger partial charge in [-0.15, -0.1) is 11.3 Å². The fourth-order valence-electron chi connectivity index (χ4n) is 2.93. The van der Waals surface area contributed by atoms with Crippen molar-refractivity contribution >= 4 is 33.3 Å². The van der Waals surface area contributed by atoms with Gasteiger partial charge in [0, 0.05) is 10.1 Å². The molecule has 104 valence electrons. The topological polar surface area (TPSA) is 49.9 Å². The van der Waals surface area contributed by atoms with Gasteiger partial charge >= 0.3 is 0 Å². The van der Waals surface area contributed by atoms with E-state index in [4.69, 9.17) is 11.1 Å². The number of hydrogen-bond acceptors (Lipinski definition) is 2. The molecule has 0 bridgehead atoms. The fourth-order valence-corrected chi connectivity index (χ4v) is 3.88. The van der Waals surface area contributed by atoms with Crippen LogP contribution in [0.15, 0.2) is 30.3 Å². The molecule has 1 fully saturated rings. The number of rotatable bonds is 3. The summed E-state index contributed by atoms with van der Waals surface area (Å²) in [6.45, 7) is 0. The Hall–Kier alpha value is -1.61. The second-order valence-corrected chi connectivity index (χ2v) is 6.62. The molecule has 1 aliphatic carbocycles. The second-order valence-electron chi connectivity index (χ2n) is 5.54. The van der Waals surface area contributed by atoms with Gasteiger partial charge in [0.1, 0.15) is 5.84 Å². The molecule has 0 unspecified atom stereocenters. The summed E-state index contributed by atoms with van der Waals surface area (Å²) in [6, 6.07) is 8.38. The SMILES string of the molecule is N=C(N)c1cc2c(/C=C/C3CCCCC3)cccc2s1. The molecule has 0 spiro atoms. The molecule has 1 heterocycles. The number of fused-ring (bicyclic) bond motifs is 1. The molecule has 3 rings (SSSR count). The summed E-state index contributed by atoms with van der Waals surface area (Å²) >= 11 is 1.60. The lowest BCUT2D eigenvalue weighted by Crippen LogP contribution is -2.08. The van der Waals surface area contributed by atoms with E-state index >= 15 is 0 Å². The zero-order chi connectivity index (χ0) is 13.9. The van der Waals surface area contributed by atoms with Crippen molar-refractivity contribution in [3.8, 4) is 0 Å². The van der Waals surface area contributed by atoms with Crippen LogP contribution in [-0.2, 0) is 0 Å². The number of nitrogens with one attached hydrogen (secondary N) is 1. The molecule has 2 aromatic rings. The minimum Gasteiger partial charge on any atom is -0.383 e. The van der Waals surface area contributed by atoms with Gasteiger partial charge in [0.15, 0.2) is 0 Å². The first-order valence-electron chi connectivity index (χ1n) is 7.29. The van der Waals surface area contributed by atoms with E-state index in [-0.39, 0.29) is 5.84 Å². The summed E-state index contributed by atoms with van der Waals surface area (Å²) in [5, 5.41) is 8.79. The number of benzene rings is 1. The van der Waals surface area contributed by atoms with Gasteiger partial charge in [-0.2, -0.15) is 0 Å². The van der Waals surface area contributed by atoms with Gasteiger partial charge in [-0.1, -0.05) is 43.5 Å². The number of allylic oxidation sites excluding steroid dienone is 1. The fraction of sp³-hybridized carbons (Fsp3) is 0.353. The molecule has 0 radical (unpaired) electrons. The Bertz CT molecular complexity index is 648. The van der Waals surface area contributed by atoms with Crippen LogP contribution in [0.1, 0.15) is 42.5 Å². The Kier molecular flexibility index (Phi) is 3.88. The Labute approximate surface area is 123 Å². The third-order valence-electron chi connectivity index (χ3n) is 4.06. The van der Waals surface area contributed by atoms with E-state index in [2.05, 4.69) is 30.4 Å². The smallest absolute Gasteiger partial charge is 0.133 e. The summed E-state index contributed by atoms with van der Waals surface area (Å²) in [5.74, 6) is 0.901. The molecule has 0 amide bonds. The Balaban J connectivity index is 1.90. The van der Waals surface area contributed by atoms with Crippen molar-refractivity contribution in [1.29, 1.82) is 5.41 Å².